The van der Waals surface area contributed by atoms with Crippen molar-refractivity contribution in [3.05, 3.63) is 35.7 Å². The Kier molecular flexibility index (Phi) is 4.55. The minimum absolute atomic E-state index is 0.0146. The molecule has 1 amide bonds. The first-order valence-corrected chi connectivity index (χ1v) is 6.89. The van der Waals surface area contributed by atoms with Gasteiger partial charge in [-0.3, -0.25) is 9.48 Å². The third kappa shape index (κ3) is 3.46. The number of H-pyrrole nitrogens is 1. The van der Waals surface area contributed by atoms with Gasteiger partial charge in [-0.2, -0.15) is 5.10 Å². The number of hydrogen-bond donors (Lipinski definition) is 2. The maximum atomic E-state index is 12.0. The summed E-state index contributed by atoms with van der Waals surface area (Å²) in [5.41, 5.74) is 2.06. The molecule has 0 aliphatic rings. The SMILES string of the molecule is CC[C@@H](NC(=O)CCn1nccc1C)c1ncc(C)[nH]1. The van der Waals surface area contributed by atoms with Gasteiger partial charge in [0.2, 0.25) is 5.91 Å². The van der Waals surface area contributed by atoms with Crippen LogP contribution in [-0.4, -0.2) is 25.7 Å². The molecule has 0 saturated heterocycles. The van der Waals surface area contributed by atoms with Gasteiger partial charge in [-0.15, -0.1) is 0 Å². The van der Waals surface area contributed by atoms with Gasteiger partial charge in [-0.25, -0.2) is 4.98 Å². The lowest BCUT2D eigenvalue weighted by Crippen LogP contribution is -2.29. The number of nitrogens with one attached hydrogen (secondary N) is 2. The molecule has 20 heavy (non-hydrogen) atoms. The molecule has 0 fully saturated rings. The van der Waals surface area contributed by atoms with Crippen molar-refractivity contribution in [2.75, 3.05) is 0 Å². The van der Waals surface area contributed by atoms with Gasteiger partial charge < -0.3 is 10.3 Å². The van der Waals surface area contributed by atoms with Crippen molar-refractivity contribution in [1.82, 2.24) is 25.1 Å². The number of aromatic nitrogens is 4. The van der Waals surface area contributed by atoms with Crippen LogP contribution in [0.2, 0.25) is 0 Å². The Hall–Kier alpha value is -2.11. The second kappa shape index (κ2) is 6.36. The maximum absolute atomic E-state index is 12.0. The average Bonchev–Trinajstić information content (AvgIpc) is 3.02. The zero-order chi connectivity index (χ0) is 14.5. The van der Waals surface area contributed by atoms with E-state index in [9.17, 15) is 4.79 Å². The van der Waals surface area contributed by atoms with E-state index in [-0.39, 0.29) is 11.9 Å². The fraction of sp³-hybridized carbons (Fsp3) is 0.500. The van der Waals surface area contributed by atoms with Crippen molar-refractivity contribution in [3.8, 4) is 0 Å². The molecule has 108 valence electrons. The Labute approximate surface area is 118 Å². The summed E-state index contributed by atoms with van der Waals surface area (Å²) in [6.07, 6.45) is 4.74. The molecule has 0 aliphatic heterocycles. The van der Waals surface area contributed by atoms with Gasteiger partial charge in [-0.1, -0.05) is 6.92 Å². The van der Waals surface area contributed by atoms with E-state index in [0.717, 1.165) is 23.6 Å². The number of nitrogens with zero attached hydrogens (tertiary/aromatic N) is 3. The highest BCUT2D eigenvalue weighted by Gasteiger charge is 2.15. The third-order valence-electron chi connectivity index (χ3n) is 3.28. The highest BCUT2D eigenvalue weighted by Crippen LogP contribution is 2.13. The molecule has 2 N–H and O–H groups in total. The van der Waals surface area contributed by atoms with Gasteiger partial charge in [0.05, 0.1) is 6.04 Å². The summed E-state index contributed by atoms with van der Waals surface area (Å²) in [4.78, 5) is 19.4. The highest BCUT2D eigenvalue weighted by atomic mass is 16.1. The fourth-order valence-corrected chi connectivity index (χ4v) is 2.08. The second-order valence-electron chi connectivity index (χ2n) is 4.93. The molecule has 0 unspecified atom stereocenters. The largest absolute Gasteiger partial charge is 0.346 e. The van der Waals surface area contributed by atoms with Crippen molar-refractivity contribution in [3.63, 3.8) is 0 Å². The molecular formula is C14H21N5O. The van der Waals surface area contributed by atoms with Crippen molar-refractivity contribution in [1.29, 1.82) is 0 Å². The lowest BCUT2D eigenvalue weighted by molar-refractivity contribution is -0.122. The van der Waals surface area contributed by atoms with Crippen molar-refractivity contribution in [2.45, 2.75) is 46.2 Å². The van der Waals surface area contributed by atoms with E-state index in [0.29, 0.717) is 13.0 Å². The summed E-state index contributed by atoms with van der Waals surface area (Å²) in [6, 6.07) is 1.87. The molecule has 0 spiro atoms. The monoisotopic (exact) mass is 275 g/mol. The van der Waals surface area contributed by atoms with Crippen LogP contribution < -0.4 is 5.32 Å². The number of amides is 1. The molecule has 0 radical (unpaired) electrons. The van der Waals surface area contributed by atoms with E-state index >= 15 is 0 Å². The van der Waals surface area contributed by atoms with Crippen molar-refractivity contribution >= 4 is 5.91 Å². The second-order valence-corrected chi connectivity index (χ2v) is 4.93. The molecular weight excluding hydrogens is 254 g/mol. The number of hydrogen-bond acceptors (Lipinski definition) is 3. The average molecular weight is 275 g/mol. The molecule has 2 aromatic heterocycles. The summed E-state index contributed by atoms with van der Waals surface area (Å²) in [5.74, 6) is 0.828. The number of rotatable bonds is 6. The topological polar surface area (TPSA) is 75.6 Å². The van der Waals surface area contributed by atoms with Gasteiger partial charge in [0.25, 0.3) is 0 Å². The van der Waals surface area contributed by atoms with Gasteiger partial charge in [0, 0.05) is 36.7 Å². The number of carbonyl (C=O) groups is 1. The van der Waals surface area contributed by atoms with Gasteiger partial charge >= 0.3 is 0 Å². The predicted octanol–water partition coefficient (Wildman–Crippen LogP) is 1.88. The van der Waals surface area contributed by atoms with Crippen LogP contribution in [-0.2, 0) is 11.3 Å². The molecule has 0 saturated carbocycles. The van der Waals surface area contributed by atoms with E-state index in [1.54, 1.807) is 12.4 Å². The summed E-state index contributed by atoms with van der Waals surface area (Å²) in [5, 5.41) is 7.17. The lowest BCUT2D eigenvalue weighted by Gasteiger charge is -2.15. The summed E-state index contributed by atoms with van der Waals surface area (Å²) >= 11 is 0. The van der Waals surface area contributed by atoms with Crippen LogP contribution in [0.3, 0.4) is 0 Å². The van der Waals surface area contributed by atoms with E-state index in [4.69, 9.17) is 0 Å². The molecule has 2 aromatic rings. The summed E-state index contributed by atoms with van der Waals surface area (Å²) in [7, 11) is 0. The van der Waals surface area contributed by atoms with Gasteiger partial charge in [0.15, 0.2) is 0 Å². The number of aryl methyl sites for hydroxylation is 3. The number of aromatic amines is 1. The molecule has 2 heterocycles. The minimum atomic E-state index is -0.0603. The first kappa shape index (κ1) is 14.3. The summed E-state index contributed by atoms with van der Waals surface area (Å²) in [6.45, 7) is 6.55. The first-order chi connectivity index (χ1) is 9.60. The smallest absolute Gasteiger partial charge is 0.222 e. The fourth-order valence-electron chi connectivity index (χ4n) is 2.08. The Bertz CT molecular complexity index is 572. The molecule has 6 heteroatoms. The van der Waals surface area contributed by atoms with E-state index < -0.39 is 0 Å². The quantitative estimate of drug-likeness (QED) is 0.845. The summed E-state index contributed by atoms with van der Waals surface area (Å²) < 4.78 is 1.83. The Morgan fingerprint density at radius 1 is 1.50 bits per heavy atom. The lowest BCUT2D eigenvalue weighted by atomic mass is 10.2. The van der Waals surface area contributed by atoms with Crippen LogP contribution in [0.4, 0.5) is 0 Å². The zero-order valence-corrected chi connectivity index (χ0v) is 12.2. The highest BCUT2D eigenvalue weighted by molar-refractivity contribution is 5.76. The van der Waals surface area contributed by atoms with Gasteiger partial charge in [-0.05, 0) is 26.3 Å². The van der Waals surface area contributed by atoms with Crippen LogP contribution in [0.15, 0.2) is 18.5 Å². The Balaban J connectivity index is 1.88. The van der Waals surface area contributed by atoms with Crippen LogP contribution in [0, 0.1) is 13.8 Å². The molecule has 0 aromatic carbocycles. The van der Waals surface area contributed by atoms with E-state index in [2.05, 4.69) is 20.4 Å². The Morgan fingerprint density at radius 2 is 2.30 bits per heavy atom. The van der Waals surface area contributed by atoms with Crippen molar-refractivity contribution in [2.24, 2.45) is 0 Å². The normalized spacial score (nSPS) is 12.3. The zero-order valence-electron chi connectivity index (χ0n) is 12.2. The first-order valence-electron chi connectivity index (χ1n) is 6.89. The molecule has 0 aliphatic carbocycles. The maximum Gasteiger partial charge on any atom is 0.222 e. The van der Waals surface area contributed by atoms with Crippen LogP contribution in [0.1, 0.15) is 43.0 Å². The molecule has 1 atom stereocenters. The van der Waals surface area contributed by atoms with Crippen LogP contribution in [0.25, 0.3) is 0 Å². The molecule has 2 rings (SSSR count). The van der Waals surface area contributed by atoms with E-state index in [1.807, 2.05) is 31.5 Å². The Morgan fingerprint density at radius 3 is 2.85 bits per heavy atom. The standard InChI is InChI=1S/C14H21N5O/c1-4-12(14-15-9-10(2)17-14)18-13(20)6-8-19-11(3)5-7-16-19/h5,7,9,12H,4,6,8H2,1-3H3,(H,15,17)(H,18,20)/t12-/m1/s1. The predicted molar refractivity (Wildman–Crippen MR) is 76.1 cm³/mol. The third-order valence-corrected chi connectivity index (χ3v) is 3.28. The van der Waals surface area contributed by atoms with Crippen LogP contribution >= 0.6 is 0 Å². The number of carbonyl (C=O) groups excluding carboxylic acids is 1. The van der Waals surface area contributed by atoms with Crippen molar-refractivity contribution < 1.29 is 4.79 Å². The molecule has 0 bridgehead atoms. The molecule has 6 nitrogen and oxygen atoms in total. The van der Waals surface area contributed by atoms with Gasteiger partial charge in [0.1, 0.15) is 5.82 Å². The number of imidazole rings is 1. The van der Waals surface area contributed by atoms with E-state index in [1.165, 1.54) is 0 Å². The minimum Gasteiger partial charge on any atom is -0.346 e. The van der Waals surface area contributed by atoms with Crippen LogP contribution in [0.5, 0.6) is 0 Å².